The van der Waals surface area contributed by atoms with Crippen molar-refractivity contribution in [3.63, 3.8) is 0 Å². The van der Waals surface area contributed by atoms with Gasteiger partial charge in [-0.15, -0.1) is 0 Å². The van der Waals surface area contributed by atoms with Gasteiger partial charge < -0.3 is 19.8 Å². The Morgan fingerprint density at radius 1 is 1.06 bits per heavy atom. The molecule has 1 atom stereocenters. The summed E-state index contributed by atoms with van der Waals surface area (Å²) >= 11 is 0. The van der Waals surface area contributed by atoms with Crippen LogP contribution in [0.15, 0.2) is 48.5 Å². The summed E-state index contributed by atoms with van der Waals surface area (Å²) in [7, 11) is 2.05. The number of rotatable bonds is 5. The zero-order valence-corrected chi connectivity index (χ0v) is 20.4. The number of fused-ring (bicyclic) bond motifs is 1. The van der Waals surface area contributed by atoms with Crippen molar-refractivity contribution < 1.29 is 4.79 Å². The van der Waals surface area contributed by atoms with E-state index >= 15 is 0 Å². The van der Waals surface area contributed by atoms with Gasteiger partial charge >= 0.3 is 0 Å². The molecule has 7 heteroatoms. The molecule has 0 spiro atoms. The van der Waals surface area contributed by atoms with Crippen LogP contribution in [0.25, 0.3) is 33.9 Å². The number of nitrogens with zero attached hydrogens (tertiary/aromatic N) is 5. The first-order valence-electron chi connectivity index (χ1n) is 12.6. The number of piperidine rings is 1. The number of carbonyl (C=O) groups is 1. The number of aryl methyl sites for hydroxylation is 2. The summed E-state index contributed by atoms with van der Waals surface area (Å²) in [5.41, 5.74) is 11.8. The van der Waals surface area contributed by atoms with Crippen LogP contribution >= 0.6 is 0 Å². The predicted octanol–water partition coefficient (Wildman–Crippen LogP) is 4.39. The average molecular weight is 469 g/mol. The highest BCUT2D eigenvalue weighted by Gasteiger charge is 2.28. The van der Waals surface area contributed by atoms with Crippen LogP contribution in [0.2, 0.25) is 0 Å². The summed E-state index contributed by atoms with van der Waals surface area (Å²) in [6.45, 7) is 4.40. The van der Waals surface area contributed by atoms with Crippen LogP contribution in [0.3, 0.4) is 0 Å². The molecule has 2 N–H and O–H groups in total. The fraction of sp³-hybridized carbons (Fsp3) is 0.393. The average Bonchev–Trinajstić information content (AvgIpc) is 3.56. The molecule has 1 amide bonds. The number of nitrogens with two attached hydrogens (primary N) is 1. The van der Waals surface area contributed by atoms with Crippen molar-refractivity contribution >= 4 is 16.9 Å². The normalized spacial score (nSPS) is 18.4. The van der Waals surface area contributed by atoms with E-state index in [2.05, 4.69) is 40.3 Å². The van der Waals surface area contributed by atoms with Gasteiger partial charge in [0.05, 0.1) is 16.7 Å². The Morgan fingerprint density at radius 3 is 2.60 bits per heavy atom. The third-order valence-electron chi connectivity index (χ3n) is 7.40. The number of imidazole rings is 2. The molecule has 4 aromatic rings. The van der Waals surface area contributed by atoms with Crippen LogP contribution in [-0.4, -0.2) is 49.0 Å². The minimum atomic E-state index is 0.0376. The molecular formula is C28H32N6O. The Morgan fingerprint density at radius 2 is 1.86 bits per heavy atom. The zero-order valence-electron chi connectivity index (χ0n) is 20.4. The van der Waals surface area contributed by atoms with Crippen LogP contribution < -0.4 is 5.73 Å². The summed E-state index contributed by atoms with van der Waals surface area (Å²) in [5, 5.41) is 0. The van der Waals surface area contributed by atoms with Crippen molar-refractivity contribution in [3.05, 3.63) is 59.8 Å². The van der Waals surface area contributed by atoms with E-state index in [4.69, 9.17) is 15.7 Å². The molecule has 35 heavy (non-hydrogen) atoms. The smallest absolute Gasteiger partial charge is 0.253 e. The molecule has 7 nitrogen and oxygen atoms in total. The molecule has 0 bridgehead atoms. The minimum absolute atomic E-state index is 0.0376. The number of benzene rings is 2. The summed E-state index contributed by atoms with van der Waals surface area (Å²) in [6, 6.07) is 16.3. The van der Waals surface area contributed by atoms with Crippen molar-refractivity contribution in [2.45, 2.75) is 45.2 Å². The van der Waals surface area contributed by atoms with Gasteiger partial charge in [0.15, 0.2) is 5.82 Å². The summed E-state index contributed by atoms with van der Waals surface area (Å²) in [6.07, 6.45) is 4.46. The Bertz CT molecular complexity index is 1400. The van der Waals surface area contributed by atoms with Gasteiger partial charge in [-0.3, -0.25) is 4.79 Å². The van der Waals surface area contributed by atoms with Crippen LogP contribution in [0.5, 0.6) is 0 Å². The molecule has 6 rings (SSSR count). The fourth-order valence-corrected chi connectivity index (χ4v) is 5.32. The number of aromatic nitrogens is 4. The van der Waals surface area contributed by atoms with Crippen molar-refractivity contribution in [2.24, 2.45) is 18.7 Å². The van der Waals surface area contributed by atoms with Gasteiger partial charge in [-0.1, -0.05) is 30.3 Å². The molecule has 0 unspecified atom stereocenters. The second-order valence-electron chi connectivity index (χ2n) is 10.1. The number of amides is 1. The van der Waals surface area contributed by atoms with Crippen LogP contribution in [0.4, 0.5) is 0 Å². The predicted molar refractivity (Wildman–Crippen MR) is 138 cm³/mol. The number of hydrogen-bond acceptors (Lipinski definition) is 4. The summed E-state index contributed by atoms with van der Waals surface area (Å²) in [4.78, 5) is 25.1. The second kappa shape index (κ2) is 8.64. The van der Waals surface area contributed by atoms with Crippen LogP contribution in [-0.2, 0) is 13.6 Å². The maximum absolute atomic E-state index is 13.2. The summed E-state index contributed by atoms with van der Waals surface area (Å²) in [5.74, 6) is 2.61. The van der Waals surface area contributed by atoms with Gasteiger partial charge in [-0.05, 0) is 56.7 Å². The first-order chi connectivity index (χ1) is 17.0. The molecular weight excluding hydrogens is 436 g/mol. The lowest BCUT2D eigenvalue weighted by Gasteiger charge is -2.30. The van der Waals surface area contributed by atoms with E-state index in [1.54, 1.807) is 0 Å². The highest BCUT2D eigenvalue weighted by atomic mass is 16.2. The SMILES string of the molecule is Cc1nc(-c2ccccc2)n(CC2CC2)c1-c1nc2cc(C(=O)N3CCC[C@@H](N)C3)ccc2n1C. The van der Waals surface area contributed by atoms with E-state index in [9.17, 15) is 4.79 Å². The Balaban J connectivity index is 1.42. The molecule has 1 saturated heterocycles. The van der Waals surface area contributed by atoms with Gasteiger partial charge in [0.1, 0.15) is 11.5 Å². The van der Waals surface area contributed by atoms with Crippen LogP contribution in [0.1, 0.15) is 41.7 Å². The van der Waals surface area contributed by atoms with Gasteiger partial charge in [-0.2, -0.15) is 0 Å². The third-order valence-corrected chi connectivity index (χ3v) is 7.40. The summed E-state index contributed by atoms with van der Waals surface area (Å²) < 4.78 is 4.48. The monoisotopic (exact) mass is 468 g/mol. The maximum atomic E-state index is 13.2. The first-order valence-corrected chi connectivity index (χ1v) is 12.6. The van der Waals surface area contributed by atoms with Gasteiger partial charge in [0.2, 0.25) is 0 Å². The molecule has 180 valence electrons. The van der Waals surface area contributed by atoms with Crippen molar-refractivity contribution in [1.82, 2.24) is 24.0 Å². The van der Waals surface area contributed by atoms with Crippen molar-refractivity contribution in [2.75, 3.05) is 13.1 Å². The lowest BCUT2D eigenvalue weighted by atomic mass is 10.1. The van der Waals surface area contributed by atoms with E-state index in [1.165, 1.54) is 12.8 Å². The lowest BCUT2D eigenvalue weighted by Crippen LogP contribution is -2.45. The largest absolute Gasteiger partial charge is 0.337 e. The Labute approximate surface area is 205 Å². The molecule has 2 aliphatic rings. The van der Waals surface area contributed by atoms with E-state index in [-0.39, 0.29) is 11.9 Å². The van der Waals surface area contributed by atoms with Crippen molar-refractivity contribution in [3.8, 4) is 22.9 Å². The number of carbonyl (C=O) groups excluding carboxylic acids is 1. The maximum Gasteiger partial charge on any atom is 0.253 e. The van der Waals surface area contributed by atoms with E-state index in [0.717, 1.165) is 65.6 Å². The lowest BCUT2D eigenvalue weighted by molar-refractivity contribution is 0.0709. The van der Waals surface area contributed by atoms with E-state index in [0.29, 0.717) is 18.0 Å². The molecule has 3 heterocycles. The molecule has 0 radical (unpaired) electrons. The topological polar surface area (TPSA) is 82.0 Å². The van der Waals surface area contributed by atoms with Gasteiger partial charge in [0, 0.05) is 43.9 Å². The minimum Gasteiger partial charge on any atom is -0.337 e. The number of hydrogen-bond donors (Lipinski definition) is 1. The highest BCUT2D eigenvalue weighted by molar-refractivity contribution is 5.98. The first kappa shape index (κ1) is 22.0. The zero-order chi connectivity index (χ0) is 24.1. The number of likely N-dealkylation sites (tertiary alicyclic amines) is 1. The third kappa shape index (κ3) is 4.04. The quantitative estimate of drug-likeness (QED) is 0.471. The molecule has 2 aromatic carbocycles. The Hall–Kier alpha value is -3.45. The standard InChI is InChI=1S/C28H32N6O/c1-18-25(34(16-19-10-11-19)26(30-18)20-7-4-3-5-8-20)27-31-23-15-21(12-13-24(23)32(27)2)28(35)33-14-6-9-22(29)17-33/h3-5,7-8,12-13,15,19,22H,6,9-11,14,16-17,29H2,1-2H3/t22-/m1/s1. The van der Waals surface area contributed by atoms with E-state index < -0.39 is 0 Å². The van der Waals surface area contributed by atoms with Gasteiger partial charge in [-0.25, -0.2) is 9.97 Å². The highest BCUT2D eigenvalue weighted by Crippen LogP contribution is 2.37. The molecule has 1 saturated carbocycles. The Kier molecular flexibility index (Phi) is 5.44. The fourth-order valence-electron chi connectivity index (χ4n) is 5.32. The van der Waals surface area contributed by atoms with Crippen molar-refractivity contribution in [1.29, 1.82) is 0 Å². The van der Waals surface area contributed by atoms with Crippen LogP contribution in [0, 0.1) is 12.8 Å². The van der Waals surface area contributed by atoms with Gasteiger partial charge in [0.25, 0.3) is 5.91 Å². The molecule has 2 fully saturated rings. The van der Waals surface area contributed by atoms with E-state index in [1.807, 2.05) is 36.2 Å². The molecule has 2 aromatic heterocycles. The molecule has 1 aliphatic carbocycles. The molecule has 1 aliphatic heterocycles. The second-order valence-corrected chi connectivity index (χ2v) is 10.1.